The third-order valence-electron chi connectivity index (χ3n) is 6.98. The minimum atomic E-state index is -2.64. The van der Waals surface area contributed by atoms with Crippen LogP contribution in [0.25, 0.3) is 38.9 Å². The van der Waals surface area contributed by atoms with Gasteiger partial charge in [0.2, 0.25) is 0 Å². The molecule has 0 atom stereocenters. The first kappa shape index (κ1) is 24.8. The monoisotopic (exact) mass is 526 g/mol. The standard InChI is InChI=1S/C30H25F3N6/c1-18(29-37-27-15-36-14-25(28(27)38-29)21-3-2-4-23(31)10-21)24-11-20(5-6-26(24)34)22-9-19(12-35-13-22)16-39-8-7-30(32,33)17-39/h2-6,9-15H,1,7-8,16-17,34H2,(H,37,38). The Morgan fingerprint density at radius 1 is 1.00 bits per heavy atom. The van der Waals surface area contributed by atoms with Crippen molar-refractivity contribution in [1.82, 2.24) is 24.8 Å². The number of halogens is 3. The molecule has 0 unspecified atom stereocenters. The van der Waals surface area contributed by atoms with Crippen molar-refractivity contribution < 1.29 is 13.2 Å². The Balaban J connectivity index is 1.31. The molecule has 0 spiro atoms. The Labute approximate surface area is 223 Å². The molecular weight excluding hydrogens is 501 g/mol. The highest BCUT2D eigenvalue weighted by molar-refractivity contribution is 5.94. The van der Waals surface area contributed by atoms with E-state index >= 15 is 0 Å². The number of rotatable bonds is 6. The Morgan fingerprint density at radius 2 is 1.85 bits per heavy atom. The lowest BCUT2D eigenvalue weighted by Gasteiger charge is -2.16. The Kier molecular flexibility index (Phi) is 6.15. The van der Waals surface area contributed by atoms with Crippen LogP contribution < -0.4 is 5.73 Å². The zero-order chi connectivity index (χ0) is 27.1. The zero-order valence-corrected chi connectivity index (χ0v) is 21.0. The molecule has 6 nitrogen and oxygen atoms in total. The molecule has 4 heterocycles. The summed E-state index contributed by atoms with van der Waals surface area (Å²) in [5, 5.41) is 0. The van der Waals surface area contributed by atoms with Crippen LogP contribution in [0.2, 0.25) is 0 Å². The first-order valence-electron chi connectivity index (χ1n) is 12.5. The number of anilines is 1. The fourth-order valence-electron chi connectivity index (χ4n) is 5.00. The summed E-state index contributed by atoms with van der Waals surface area (Å²) in [6.07, 6.45) is 6.64. The Morgan fingerprint density at radius 3 is 2.64 bits per heavy atom. The normalized spacial score (nSPS) is 15.2. The van der Waals surface area contributed by atoms with Gasteiger partial charge in [0.15, 0.2) is 0 Å². The SMILES string of the molecule is C=C(c1nc2c(-c3cccc(F)c3)cncc2[nH]1)c1cc(-c2cncc(CN3CCC(F)(F)C3)c2)ccc1N. The quantitative estimate of drug-likeness (QED) is 0.253. The van der Waals surface area contributed by atoms with Gasteiger partial charge in [0.05, 0.1) is 23.8 Å². The summed E-state index contributed by atoms with van der Waals surface area (Å²) >= 11 is 0. The van der Waals surface area contributed by atoms with Crippen molar-refractivity contribution in [3.8, 4) is 22.3 Å². The molecule has 1 aliphatic heterocycles. The molecule has 2 aromatic carbocycles. The lowest BCUT2D eigenvalue weighted by Crippen LogP contribution is -2.24. The molecule has 5 aromatic rings. The molecule has 0 bridgehead atoms. The maximum absolute atomic E-state index is 13.9. The minimum absolute atomic E-state index is 0.120. The summed E-state index contributed by atoms with van der Waals surface area (Å²) in [5.74, 6) is -2.46. The molecule has 196 valence electrons. The molecule has 0 saturated carbocycles. The molecule has 1 aliphatic rings. The van der Waals surface area contributed by atoms with Crippen molar-refractivity contribution >= 4 is 22.3 Å². The highest BCUT2D eigenvalue weighted by Crippen LogP contribution is 2.34. The van der Waals surface area contributed by atoms with Gasteiger partial charge in [-0.2, -0.15) is 0 Å². The maximum atomic E-state index is 13.9. The van der Waals surface area contributed by atoms with Crippen LogP contribution in [0.5, 0.6) is 0 Å². The average molecular weight is 527 g/mol. The predicted molar refractivity (Wildman–Crippen MR) is 146 cm³/mol. The van der Waals surface area contributed by atoms with Gasteiger partial charge in [0.25, 0.3) is 5.92 Å². The van der Waals surface area contributed by atoms with E-state index in [0.29, 0.717) is 57.9 Å². The van der Waals surface area contributed by atoms with E-state index < -0.39 is 5.92 Å². The third-order valence-corrected chi connectivity index (χ3v) is 6.98. The molecule has 0 radical (unpaired) electrons. The first-order valence-corrected chi connectivity index (χ1v) is 12.5. The molecule has 9 heteroatoms. The average Bonchev–Trinajstić information content (AvgIpc) is 3.51. The molecule has 6 rings (SSSR count). The van der Waals surface area contributed by atoms with Crippen molar-refractivity contribution in [3.05, 3.63) is 103 Å². The third kappa shape index (κ3) is 5.00. The summed E-state index contributed by atoms with van der Waals surface area (Å²) in [6.45, 7) is 4.78. The van der Waals surface area contributed by atoms with Crippen molar-refractivity contribution in [1.29, 1.82) is 0 Å². The number of H-pyrrole nitrogens is 1. The number of imidazole rings is 1. The van der Waals surface area contributed by atoms with E-state index in [2.05, 4.69) is 21.5 Å². The van der Waals surface area contributed by atoms with Crippen LogP contribution in [0, 0.1) is 5.82 Å². The molecule has 0 aliphatic carbocycles. The van der Waals surface area contributed by atoms with Crippen LogP contribution in [0.1, 0.15) is 23.4 Å². The number of nitrogens with two attached hydrogens (primary N) is 1. The second-order valence-corrected chi connectivity index (χ2v) is 9.86. The van der Waals surface area contributed by atoms with E-state index in [9.17, 15) is 13.2 Å². The highest BCUT2D eigenvalue weighted by Gasteiger charge is 2.37. The number of hydrogen-bond donors (Lipinski definition) is 2. The van der Waals surface area contributed by atoms with E-state index in [0.717, 1.165) is 16.7 Å². The summed E-state index contributed by atoms with van der Waals surface area (Å²) in [6, 6.07) is 13.8. The van der Waals surface area contributed by atoms with Gasteiger partial charge in [-0.1, -0.05) is 24.8 Å². The summed E-state index contributed by atoms with van der Waals surface area (Å²) in [5.41, 5.74) is 13.4. The van der Waals surface area contributed by atoms with Crippen LogP contribution in [-0.4, -0.2) is 43.8 Å². The number of hydrogen-bond acceptors (Lipinski definition) is 5. The van der Waals surface area contributed by atoms with Crippen molar-refractivity contribution in [2.75, 3.05) is 18.8 Å². The molecule has 3 N–H and O–H groups in total. The number of nitrogens with zero attached hydrogens (tertiary/aromatic N) is 4. The number of likely N-dealkylation sites (tertiary alicyclic amines) is 1. The van der Waals surface area contributed by atoms with Crippen molar-refractivity contribution in [2.45, 2.75) is 18.9 Å². The summed E-state index contributed by atoms with van der Waals surface area (Å²) in [7, 11) is 0. The molecule has 3 aromatic heterocycles. The van der Waals surface area contributed by atoms with Crippen LogP contribution in [0.3, 0.4) is 0 Å². The second-order valence-electron chi connectivity index (χ2n) is 9.86. The number of nitrogens with one attached hydrogen (secondary N) is 1. The maximum Gasteiger partial charge on any atom is 0.261 e. The number of nitrogen functional groups attached to an aromatic ring is 1. The summed E-state index contributed by atoms with van der Waals surface area (Å²) < 4.78 is 41.1. The van der Waals surface area contributed by atoms with E-state index in [4.69, 9.17) is 10.7 Å². The predicted octanol–water partition coefficient (Wildman–Crippen LogP) is 6.31. The van der Waals surface area contributed by atoms with E-state index in [1.165, 1.54) is 12.1 Å². The van der Waals surface area contributed by atoms with E-state index in [1.807, 2.05) is 24.3 Å². The zero-order valence-electron chi connectivity index (χ0n) is 21.0. The molecule has 1 fully saturated rings. The first-order chi connectivity index (χ1) is 18.8. The van der Waals surface area contributed by atoms with Gasteiger partial charge in [0, 0.05) is 66.1 Å². The topological polar surface area (TPSA) is 83.7 Å². The summed E-state index contributed by atoms with van der Waals surface area (Å²) in [4.78, 5) is 18.4. The smallest absolute Gasteiger partial charge is 0.261 e. The van der Waals surface area contributed by atoms with E-state index in [1.54, 1.807) is 41.8 Å². The second kappa shape index (κ2) is 9.67. The van der Waals surface area contributed by atoms with Gasteiger partial charge >= 0.3 is 0 Å². The molecule has 1 saturated heterocycles. The number of alkyl halides is 2. The number of aromatic nitrogens is 4. The van der Waals surface area contributed by atoms with Gasteiger partial charge in [-0.25, -0.2) is 18.2 Å². The minimum Gasteiger partial charge on any atom is -0.398 e. The number of pyridine rings is 2. The van der Waals surface area contributed by atoms with Crippen LogP contribution in [0.4, 0.5) is 18.9 Å². The van der Waals surface area contributed by atoms with Gasteiger partial charge in [-0.15, -0.1) is 0 Å². The largest absolute Gasteiger partial charge is 0.398 e. The molecule has 39 heavy (non-hydrogen) atoms. The van der Waals surface area contributed by atoms with Gasteiger partial charge in [-0.05, 0) is 47.0 Å². The van der Waals surface area contributed by atoms with Crippen LogP contribution in [-0.2, 0) is 6.54 Å². The molecular formula is C30H25F3N6. The lowest BCUT2D eigenvalue weighted by atomic mass is 9.98. The lowest BCUT2D eigenvalue weighted by molar-refractivity contribution is 0.0115. The molecule has 0 amide bonds. The van der Waals surface area contributed by atoms with Crippen LogP contribution >= 0.6 is 0 Å². The van der Waals surface area contributed by atoms with Gasteiger partial charge in [-0.3, -0.25) is 14.9 Å². The number of benzene rings is 2. The van der Waals surface area contributed by atoms with Crippen molar-refractivity contribution in [2.24, 2.45) is 0 Å². The van der Waals surface area contributed by atoms with Gasteiger partial charge in [0.1, 0.15) is 11.6 Å². The Bertz CT molecular complexity index is 1710. The number of aromatic amines is 1. The van der Waals surface area contributed by atoms with Crippen molar-refractivity contribution in [3.63, 3.8) is 0 Å². The van der Waals surface area contributed by atoms with Crippen LogP contribution in [0.15, 0.2) is 79.9 Å². The van der Waals surface area contributed by atoms with Gasteiger partial charge < -0.3 is 10.7 Å². The number of fused-ring (bicyclic) bond motifs is 1. The van der Waals surface area contributed by atoms with E-state index in [-0.39, 0.29) is 18.8 Å². The fraction of sp³-hybridized carbons (Fsp3) is 0.167. The highest BCUT2D eigenvalue weighted by atomic mass is 19.3. The Hall–Kier alpha value is -4.50. The fourth-order valence-corrected chi connectivity index (χ4v) is 5.00.